The van der Waals surface area contributed by atoms with E-state index >= 15 is 0 Å². The Bertz CT molecular complexity index is 652. The Labute approximate surface area is 157 Å². The molecule has 5 nitrogen and oxygen atoms in total. The smallest absolute Gasteiger partial charge is 0.244 e. The average molecular weight is 360 g/mol. The van der Waals surface area contributed by atoms with Gasteiger partial charge in [0.05, 0.1) is 0 Å². The third-order valence-electron chi connectivity index (χ3n) is 4.98. The van der Waals surface area contributed by atoms with Gasteiger partial charge in [-0.25, -0.2) is 0 Å². The second-order valence-corrected chi connectivity index (χ2v) is 7.58. The zero-order chi connectivity index (χ0) is 19.1. The predicted molar refractivity (Wildman–Crippen MR) is 106 cm³/mol. The summed E-state index contributed by atoms with van der Waals surface area (Å²) in [6.07, 6.45) is 10.2. The molecule has 0 aromatic carbocycles. The van der Waals surface area contributed by atoms with Crippen molar-refractivity contribution in [1.82, 2.24) is 15.2 Å². The quantitative estimate of drug-likeness (QED) is 0.730. The van der Waals surface area contributed by atoms with Gasteiger partial charge in [0.15, 0.2) is 0 Å². The van der Waals surface area contributed by atoms with Gasteiger partial charge in [0, 0.05) is 42.5 Å². The van der Waals surface area contributed by atoms with E-state index in [0.717, 1.165) is 5.56 Å². The van der Waals surface area contributed by atoms with Gasteiger partial charge >= 0.3 is 0 Å². The number of aromatic nitrogens is 1. The summed E-state index contributed by atoms with van der Waals surface area (Å²) >= 11 is 0. The summed E-state index contributed by atoms with van der Waals surface area (Å²) in [5.74, 6) is -0.204. The van der Waals surface area contributed by atoms with Gasteiger partial charge in [-0.15, -0.1) is 0 Å². The number of amides is 2. The van der Waals surface area contributed by atoms with Crippen LogP contribution in [-0.2, 0) is 9.59 Å². The SMILES string of the molecule is Cc1cc(/C=C/C(=O)NCCC(=O)NC(C)C)c(C)n1C1CCCCC1. The molecular formula is C21H33N3O2. The minimum atomic E-state index is -0.162. The zero-order valence-corrected chi connectivity index (χ0v) is 16.6. The van der Waals surface area contributed by atoms with E-state index in [1.165, 1.54) is 43.5 Å². The van der Waals surface area contributed by atoms with Gasteiger partial charge < -0.3 is 15.2 Å². The Morgan fingerprint density at radius 1 is 1.23 bits per heavy atom. The van der Waals surface area contributed by atoms with Gasteiger partial charge in [0.2, 0.25) is 11.8 Å². The second kappa shape index (κ2) is 9.60. The van der Waals surface area contributed by atoms with Crippen LogP contribution in [0.25, 0.3) is 6.08 Å². The van der Waals surface area contributed by atoms with Gasteiger partial charge in [-0.1, -0.05) is 19.3 Å². The Kier molecular flexibility index (Phi) is 7.49. The molecule has 1 aliphatic rings. The Morgan fingerprint density at radius 3 is 2.58 bits per heavy atom. The Morgan fingerprint density at radius 2 is 1.92 bits per heavy atom. The fraction of sp³-hybridized carbons (Fsp3) is 0.619. The molecule has 1 fully saturated rings. The molecule has 0 radical (unpaired) electrons. The molecule has 1 aromatic heterocycles. The van der Waals surface area contributed by atoms with Gasteiger partial charge in [-0.05, 0) is 58.2 Å². The number of aryl methyl sites for hydroxylation is 1. The van der Waals surface area contributed by atoms with Crippen LogP contribution in [-0.4, -0.2) is 29.0 Å². The molecule has 0 aliphatic heterocycles. The fourth-order valence-electron chi connectivity index (χ4n) is 3.79. The van der Waals surface area contributed by atoms with E-state index in [-0.39, 0.29) is 17.9 Å². The number of carbonyl (C=O) groups is 2. The third kappa shape index (κ3) is 5.75. The first-order chi connectivity index (χ1) is 12.4. The standard InChI is InChI=1S/C21H33N3O2/c1-15(2)23-21(26)12-13-22-20(25)11-10-18-14-16(3)24(17(18)4)19-8-6-5-7-9-19/h10-11,14-15,19H,5-9,12-13H2,1-4H3,(H,22,25)(H,23,26)/b11-10+. The molecule has 1 saturated carbocycles. The lowest BCUT2D eigenvalue weighted by Gasteiger charge is -2.26. The predicted octanol–water partition coefficient (Wildman–Crippen LogP) is 3.65. The van der Waals surface area contributed by atoms with Crippen LogP contribution in [0.2, 0.25) is 0 Å². The maximum Gasteiger partial charge on any atom is 0.244 e. The Hall–Kier alpha value is -2.04. The van der Waals surface area contributed by atoms with E-state index in [9.17, 15) is 9.59 Å². The van der Waals surface area contributed by atoms with E-state index < -0.39 is 0 Å². The molecule has 0 unspecified atom stereocenters. The highest BCUT2D eigenvalue weighted by Gasteiger charge is 2.19. The van der Waals surface area contributed by atoms with Crippen LogP contribution < -0.4 is 10.6 Å². The van der Waals surface area contributed by atoms with E-state index in [1.54, 1.807) is 6.08 Å². The van der Waals surface area contributed by atoms with Crippen molar-refractivity contribution in [2.45, 2.75) is 78.3 Å². The molecule has 1 aliphatic carbocycles. The van der Waals surface area contributed by atoms with Crippen LogP contribution in [0, 0.1) is 13.8 Å². The van der Waals surface area contributed by atoms with Crippen molar-refractivity contribution in [2.24, 2.45) is 0 Å². The van der Waals surface area contributed by atoms with E-state index in [4.69, 9.17) is 0 Å². The van der Waals surface area contributed by atoms with E-state index in [1.807, 2.05) is 19.9 Å². The molecule has 1 heterocycles. The molecule has 144 valence electrons. The molecule has 0 saturated heterocycles. The van der Waals surface area contributed by atoms with Crippen LogP contribution in [0.4, 0.5) is 0 Å². The van der Waals surface area contributed by atoms with E-state index in [2.05, 4.69) is 35.1 Å². The summed E-state index contributed by atoms with van der Waals surface area (Å²) in [6.45, 7) is 8.47. The summed E-state index contributed by atoms with van der Waals surface area (Å²) < 4.78 is 2.44. The first-order valence-electron chi connectivity index (χ1n) is 9.82. The molecule has 2 amide bonds. The topological polar surface area (TPSA) is 63.1 Å². The maximum atomic E-state index is 12.0. The summed E-state index contributed by atoms with van der Waals surface area (Å²) in [7, 11) is 0. The number of hydrogen-bond donors (Lipinski definition) is 2. The van der Waals surface area contributed by atoms with Crippen LogP contribution in [0.1, 0.15) is 75.4 Å². The van der Waals surface area contributed by atoms with Crippen molar-refractivity contribution in [3.63, 3.8) is 0 Å². The van der Waals surface area contributed by atoms with Crippen molar-refractivity contribution in [3.8, 4) is 0 Å². The van der Waals surface area contributed by atoms with Gasteiger partial charge in [0.1, 0.15) is 0 Å². The molecule has 5 heteroatoms. The van der Waals surface area contributed by atoms with Gasteiger partial charge in [-0.2, -0.15) is 0 Å². The highest BCUT2D eigenvalue weighted by atomic mass is 16.2. The molecule has 0 spiro atoms. The first-order valence-corrected chi connectivity index (χ1v) is 9.82. The lowest BCUT2D eigenvalue weighted by molar-refractivity contribution is -0.121. The Balaban J connectivity index is 1.89. The first kappa shape index (κ1) is 20.3. The largest absolute Gasteiger partial charge is 0.354 e. The van der Waals surface area contributed by atoms with Crippen molar-refractivity contribution < 1.29 is 9.59 Å². The monoisotopic (exact) mass is 359 g/mol. The number of nitrogens with one attached hydrogen (secondary N) is 2. The minimum absolute atomic E-state index is 0.0414. The van der Waals surface area contributed by atoms with E-state index in [0.29, 0.717) is 19.0 Å². The molecule has 0 bridgehead atoms. The van der Waals surface area contributed by atoms with Gasteiger partial charge in [0.25, 0.3) is 0 Å². The van der Waals surface area contributed by atoms with Gasteiger partial charge in [-0.3, -0.25) is 9.59 Å². The molecule has 26 heavy (non-hydrogen) atoms. The highest BCUT2D eigenvalue weighted by molar-refractivity contribution is 5.92. The molecule has 2 rings (SSSR count). The minimum Gasteiger partial charge on any atom is -0.354 e. The summed E-state index contributed by atoms with van der Waals surface area (Å²) in [4.78, 5) is 23.6. The number of rotatable bonds is 7. The molecule has 1 aromatic rings. The molecule has 0 atom stereocenters. The lowest BCUT2D eigenvalue weighted by atomic mass is 9.95. The normalized spacial score (nSPS) is 15.6. The lowest BCUT2D eigenvalue weighted by Crippen LogP contribution is -2.33. The van der Waals surface area contributed by atoms with Crippen molar-refractivity contribution in [3.05, 3.63) is 29.1 Å². The number of nitrogens with zero attached hydrogens (tertiary/aromatic N) is 1. The van der Waals surface area contributed by atoms with Crippen LogP contribution in [0.15, 0.2) is 12.1 Å². The van der Waals surface area contributed by atoms with Crippen LogP contribution in [0.3, 0.4) is 0 Å². The zero-order valence-electron chi connectivity index (χ0n) is 16.6. The van der Waals surface area contributed by atoms with Crippen molar-refractivity contribution in [2.75, 3.05) is 6.54 Å². The summed E-state index contributed by atoms with van der Waals surface area (Å²) in [5, 5.41) is 5.58. The highest BCUT2D eigenvalue weighted by Crippen LogP contribution is 2.32. The van der Waals surface area contributed by atoms with Crippen molar-refractivity contribution >= 4 is 17.9 Å². The third-order valence-corrected chi connectivity index (χ3v) is 4.98. The second-order valence-electron chi connectivity index (χ2n) is 7.58. The summed E-state index contributed by atoms with van der Waals surface area (Å²) in [6, 6.07) is 2.88. The molecule has 2 N–H and O–H groups in total. The number of hydrogen-bond acceptors (Lipinski definition) is 2. The average Bonchev–Trinajstić information content (AvgIpc) is 2.87. The van der Waals surface area contributed by atoms with Crippen molar-refractivity contribution in [1.29, 1.82) is 0 Å². The van der Waals surface area contributed by atoms with Crippen LogP contribution >= 0.6 is 0 Å². The molecular weight excluding hydrogens is 326 g/mol. The summed E-state index contributed by atoms with van der Waals surface area (Å²) in [5.41, 5.74) is 3.59. The number of carbonyl (C=O) groups excluding carboxylic acids is 2. The maximum absolute atomic E-state index is 12.0. The fourth-order valence-corrected chi connectivity index (χ4v) is 3.79. The van der Waals surface area contributed by atoms with Crippen LogP contribution in [0.5, 0.6) is 0 Å².